The number of hydrogen-bond acceptors (Lipinski definition) is 5. The van der Waals surface area contributed by atoms with Gasteiger partial charge in [0.2, 0.25) is 0 Å². The lowest BCUT2D eigenvalue weighted by Crippen LogP contribution is -2.57. The van der Waals surface area contributed by atoms with E-state index in [1.807, 2.05) is 49.1 Å². The third kappa shape index (κ3) is 6.79. The van der Waals surface area contributed by atoms with Crippen LogP contribution >= 0.6 is 0 Å². The van der Waals surface area contributed by atoms with Crippen molar-refractivity contribution in [2.45, 2.75) is 39.3 Å². The maximum Gasteiger partial charge on any atom is 0.260 e. The number of rotatable bonds is 9. The summed E-state index contributed by atoms with van der Waals surface area (Å²) in [5.74, 6) is 1.02. The van der Waals surface area contributed by atoms with E-state index in [0.717, 1.165) is 6.54 Å². The van der Waals surface area contributed by atoms with Crippen LogP contribution in [0.15, 0.2) is 30.3 Å². The zero-order valence-electron chi connectivity index (χ0n) is 17.1. The molecule has 1 atom stereocenters. The highest BCUT2D eigenvalue weighted by Crippen LogP contribution is 2.19. The number of nitrogens with zero attached hydrogens (tertiary/aromatic N) is 2. The Kier molecular flexibility index (Phi) is 8.07. The van der Waals surface area contributed by atoms with Gasteiger partial charge in [-0.15, -0.1) is 0 Å². The van der Waals surface area contributed by atoms with Gasteiger partial charge in [0, 0.05) is 31.7 Å². The maximum atomic E-state index is 12.8. The molecule has 6 heteroatoms. The lowest BCUT2D eigenvalue weighted by atomic mass is 10.0. The topological polar surface area (TPSA) is 62.2 Å². The molecule has 1 N–H and O–H groups in total. The van der Waals surface area contributed by atoms with E-state index in [2.05, 4.69) is 18.7 Å². The van der Waals surface area contributed by atoms with Crippen molar-refractivity contribution in [3.05, 3.63) is 30.3 Å². The Labute approximate surface area is 163 Å². The van der Waals surface area contributed by atoms with Gasteiger partial charge in [0.25, 0.3) is 5.91 Å². The second-order valence-corrected chi connectivity index (χ2v) is 8.20. The summed E-state index contributed by atoms with van der Waals surface area (Å²) in [5, 5.41) is 9.64. The fourth-order valence-corrected chi connectivity index (χ4v) is 3.20. The number of benzene rings is 1. The molecule has 6 nitrogen and oxygen atoms in total. The Morgan fingerprint density at radius 3 is 2.70 bits per heavy atom. The Bertz CT molecular complexity index is 577. The lowest BCUT2D eigenvalue weighted by molar-refractivity contribution is -0.138. The molecule has 2 rings (SSSR count). The molecule has 1 aromatic carbocycles. The molecule has 1 aliphatic heterocycles. The number of para-hydroxylation sites is 1. The van der Waals surface area contributed by atoms with Gasteiger partial charge in [-0.1, -0.05) is 32.0 Å². The predicted molar refractivity (Wildman–Crippen MR) is 106 cm³/mol. The largest absolute Gasteiger partial charge is 0.484 e. The average molecular weight is 379 g/mol. The minimum absolute atomic E-state index is 0.0231. The standard InChI is InChI=1S/C21H34N2O4/c1-17(2)12-22(20(25)15-27-18-8-6-5-7-9-18)13-19-14-23(10-11-26-19)21(3,4)16-24/h5-9,17,19,24H,10-16H2,1-4H3. The molecule has 0 spiro atoms. The molecular weight excluding hydrogens is 344 g/mol. The smallest absolute Gasteiger partial charge is 0.260 e. The van der Waals surface area contributed by atoms with E-state index in [0.29, 0.717) is 37.9 Å². The zero-order valence-corrected chi connectivity index (χ0v) is 17.1. The first-order valence-electron chi connectivity index (χ1n) is 9.75. The van der Waals surface area contributed by atoms with Gasteiger partial charge >= 0.3 is 0 Å². The number of hydrogen-bond donors (Lipinski definition) is 1. The molecule has 1 saturated heterocycles. The summed E-state index contributed by atoms with van der Waals surface area (Å²) < 4.78 is 11.6. The molecule has 0 aromatic heterocycles. The first kappa shape index (κ1) is 21.7. The second kappa shape index (κ2) is 10.1. The zero-order chi connectivity index (χ0) is 19.9. The van der Waals surface area contributed by atoms with Crippen molar-refractivity contribution in [1.82, 2.24) is 9.80 Å². The number of aliphatic hydroxyl groups is 1. The van der Waals surface area contributed by atoms with Crippen LogP contribution in [-0.2, 0) is 9.53 Å². The van der Waals surface area contributed by atoms with E-state index in [1.54, 1.807) is 0 Å². The van der Waals surface area contributed by atoms with E-state index in [-0.39, 0.29) is 30.8 Å². The molecule has 1 fully saturated rings. The third-order valence-corrected chi connectivity index (χ3v) is 4.85. The van der Waals surface area contributed by atoms with Crippen molar-refractivity contribution in [3.63, 3.8) is 0 Å². The quantitative estimate of drug-likeness (QED) is 0.712. The van der Waals surface area contributed by atoms with Crippen molar-refractivity contribution in [3.8, 4) is 5.75 Å². The Morgan fingerprint density at radius 1 is 1.37 bits per heavy atom. The molecule has 0 radical (unpaired) electrons. The van der Waals surface area contributed by atoms with E-state index in [9.17, 15) is 9.90 Å². The molecule has 1 unspecified atom stereocenters. The van der Waals surface area contributed by atoms with Gasteiger partial charge < -0.3 is 19.5 Å². The maximum absolute atomic E-state index is 12.8. The van der Waals surface area contributed by atoms with Crippen molar-refractivity contribution < 1.29 is 19.4 Å². The molecule has 0 aliphatic carbocycles. The minimum Gasteiger partial charge on any atom is -0.484 e. The second-order valence-electron chi connectivity index (χ2n) is 8.20. The highest BCUT2D eigenvalue weighted by atomic mass is 16.5. The number of aliphatic hydroxyl groups excluding tert-OH is 1. The van der Waals surface area contributed by atoms with E-state index < -0.39 is 0 Å². The summed E-state index contributed by atoms with van der Waals surface area (Å²) >= 11 is 0. The van der Waals surface area contributed by atoms with Gasteiger partial charge in [-0.05, 0) is 31.9 Å². The van der Waals surface area contributed by atoms with Crippen LogP contribution in [0.1, 0.15) is 27.7 Å². The number of carbonyl (C=O) groups excluding carboxylic acids is 1. The van der Waals surface area contributed by atoms with E-state index in [4.69, 9.17) is 9.47 Å². The molecule has 152 valence electrons. The Balaban J connectivity index is 1.95. The SMILES string of the molecule is CC(C)CN(CC1CN(C(C)(C)CO)CCO1)C(=O)COc1ccccc1. The molecule has 0 saturated carbocycles. The van der Waals surface area contributed by atoms with Gasteiger partial charge in [0.1, 0.15) is 5.75 Å². The van der Waals surface area contributed by atoms with Crippen LogP contribution in [0.3, 0.4) is 0 Å². The van der Waals surface area contributed by atoms with Crippen molar-refractivity contribution >= 4 is 5.91 Å². The fourth-order valence-electron chi connectivity index (χ4n) is 3.20. The Morgan fingerprint density at radius 2 is 2.07 bits per heavy atom. The molecule has 1 aromatic rings. The third-order valence-electron chi connectivity index (χ3n) is 4.85. The van der Waals surface area contributed by atoms with Crippen molar-refractivity contribution in [2.75, 3.05) is 46.0 Å². The minimum atomic E-state index is -0.286. The van der Waals surface area contributed by atoms with Crippen LogP contribution < -0.4 is 4.74 Å². The van der Waals surface area contributed by atoms with Gasteiger partial charge in [0.15, 0.2) is 6.61 Å². The van der Waals surface area contributed by atoms with Crippen molar-refractivity contribution in [1.29, 1.82) is 0 Å². The Hall–Kier alpha value is -1.63. The summed E-state index contributed by atoms with van der Waals surface area (Å²) in [5.41, 5.74) is -0.286. The van der Waals surface area contributed by atoms with E-state index >= 15 is 0 Å². The summed E-state index contributed by atoms with van der Waals surface area (Å²) in [6.45, 7) is 11.7. The summed E-state index contributed by atoms with van der Waals surface area (Å²) in [6.07, 6.45) is -0.0657. The van der Waals surface area contributed by atoms with Crippen LogP contribution in [-0.4, -0.2) is 78.5 Å². The first-order chi connectivity index (χ1) is 12.8. The van der Waals surface area contributed by atoms with Crippen LogP contribution in [0, 0.1) is 5.92 Å². The average Bonchev–Trinajstić information content (AvgIpc) is 2.66. The molecule has 1 aliphatic rings. The highest BCUT2D eigenvalue weighted by molar-refractivity contribution is 5.77. The van der Waals surface area contributed by atoms with Crippen LogP contribution in [0.5, 0.6) is 5.75 Å². The monoisotopic (exact) mass is 378 g/mol. The van der Waals surface area contributed by atoms with Gasteiger partial charge in [-0.25, -0.2) is 0 Å². The van der Waals surface area contributed by atoms with Crippen LogP contribution in [0.25, 0.3) is 0 Å². The molecule has 1 amide bonds. The number of carbonyl (C=O) groups is 1. The number of amides is 1. The molecule has 27 heavy (non-hydrogen) atoms. The molecule has 0 bridgehead atoms. The lowest BCUT2D eigenvalue weighted by Gasteiger charge is -2.43. The van der Waals surface area contributed by atoms with E-state index in [1.165, 1.54) is 0 Å². The van der Waals surface area contributed by atoms with Crippen LogP contribution in [0.2, 0.25) is 0 Å². The van der Waals surface area contributed by atoms with Crippen molar-refractivity contribution in [2.24, 2.45) is 5.92 Å². The number of ether oxygens (including phenoxy) is 2. The normalized spacial score (nSPS) is 18.5. The summed E-state index contributed by atoms with van der Waals surface area (Å²) in [7, 11) is 0. The summed E-state index contributed by atoms with van der Waals surface area (Å²) in [4.78, 5) is 16.8. The fraction of sp³-hybridized carbons (Fsp3) is 0.667. The van der Waals surface area contributed by atoms with Crippen LogP contribution in [0.4, 0.5) is 0 Å². The number of morpholine rings is 1. The highest BCUT2D eigenvalue weighted by Gasteiger charge is 2.32. The van der Waals surface area contributed by atoms with Gasteiger partial charge in [-0.3, -0.25) is 9.69 Å². The molecular formula is C21H34N2O4. The predicted octanol–water partition coefficient (Wildman–Crippen LogP) is 2.02. The molecule has 1 heterocycles. The first-order valence-corrected chi connectivity index (χ1v) is 9.75. The summed E-state index contributed by atoms with van der Waals surface area (Å²) in [6, 6.07) is 9.39. The van der Waals surface area contributed by atoms with Gasteiger partial charge in [0.05, 0.1) is 19.3 Å². The van der Waals surface area contributed by atoms with Gasteiger partial charge in [-0.2, -0.15) is 0 Å².